The molecular weight excluding hydrogens is 288 g/mol. The number of hydrogen-bond acceptors (Lipinski definition) is 3. The lowest BCUT2D eigenvalue weighted by Crippen LogP contribution is -2.44. The predicted octanol–water partition coefficient (Wildman–Crippen LogP) is 2.16. The molecule has 3 aliphatic rings. The van der Waals surface area contributed by atoms with Crippen molar-refractivity contribution in [1.29, 1.82) is 0 Å². The minimum atomic E-state index is 0.279. The number of piperidine rings is 1. The second kappa shape index (κ2) is 7.30. The van der Waals surface area contributed by atoms with Crippen molar-refractivity contribution in [1.82, 2.24) is 19.6 Å². The summed E-state index contributed by atoms with van der Waals surface area (Å²) in [4.78, 5) is 17.3. The summed E-state index contributed by atoms with van der Waals surface area (Å²) in [6, 6.07) is 2.43. The van der Waals surface area contributed by atoms with Crippen molar-refractivity contribution in [2.75, 3.05) is 26.2 Å². The molecule has 3 aliphatic heterocycles. The summed E-state index contributed by atoms with van der Waals surface area (Å²) in [5.74, 6) is 0.912. The van der Waals surface area contributed by atoms with Gasteiger partial charge >= 0.3 is 0 Å². The molecule has 4 heterocycles. The van der Waals surface area contributed by atoms with Crippen LogP contribution in [-0.4, -0.2) is 57.7 Å². The van der Waals surface area contributed by atoms with Crippen LogP contribution in [0.25, 0.3) is 0 Å². The Morgan fingerprint density at radius 2 is 2.13 bits per heavy atom. The maximum absolute atomic E-state index is 12.6. The van der Waals surface area contributed by atoms with E-state index in [0.29, 0.717) is 24.9 Å². The maximum Gasteiger partial charge on any atom is 0.224 e. The SMILES string of the molecule is CC(C)=CCN1C[C@H]2CC[C@@H]1CN(C(=O)CCn1cccn1)C2. The summed E-state index contributed by atoms with van der Waals surface area (Å²) in [6.07, 6.45) is 9.03. The van der Waals surface area contributed by atoms with Crippen LogP contribution in [0, 0.1) is 5.92 Å². The van der Waals surface area contributed by atoms with E-state index < -0.39 is 0 Å². The van der Waals surface area contributed by atoms with Crippen LogP contribution in [0.3, 0.4) is 0 Å². The van der Waals surface area contributed by atoms with Gasteiger partial charge in [-0.1, -0.05) is 11.6 Å². The molecular formula is C18H28N4O. The van der Waals surface area contributed by atoms with Crippen molar-refractivity contribution >= 4 is 5.91 Å². The van der Waals surface area contributed by atoms with Crippen LogP contribution in [-0.2, 0) is 11.3 Å². The number of nitrogens with zero attached hydrogens (tertiary/aromatic N) is 4. The molecule has 3 saturated heterocycles. The van der Waals surface area contributed by atoms with Gasteiger partial charge in [-0.05, 0) is 38.7 Å². The fourth-order valence-corrected chi connectivity index (χ4v) is 3.71. The zero-order valence-electron chi connectivity index (χ0n) is 14.3. The molecule has 4 rings (SSSR count). The van der Waals surface area contributed by atoms with Gasteiger partial charge < -0.3 is 4.90 Å². The lowest BCUT2D eigenvalue weighted by molar-refractivity contribution is -0.131. The van der Waals surface area contributed by atoms with Crippen molar-refractivity contribution in [3.63, 3.8) is 0 Å². The van der Waals surface area contributed by atoms with E-state index in [0.717, 1.165) is 26.2 Å². The Balaban J connectivity index is 1.57. The Kier molecular flexibility index (Phi) is 5.16. The lowest BCUT2D eigenvalue weighted by Gasteiger charge is -2.35. The average Bonchev–Trinajstić information content (AvgIpc) is 2.89. The standard InChI is InChI=1S/C18H28N4O/c1-15(2)6-10-20-12-16-4-5-17(20)14-21(13-16)18(23)7-11-22-9-3-8-19-22/h3,6,8-9,16-17H,4-5,7,10-14H2,1-2H3/t16-,17-/m1/s1. The van der Waals surface area contributed by atoms with Crippen LogP contribution in [0.1, 0.15) is 33.1 Å². The molecule has 5 nitrogen and oxygen atoms in total. The van der Waals surface area contributed by atoms with Gasteiger partial charge in [-0.15, -0.1) is 0 Å². The third-order valence-electron chi connectivity index (χ3n) is 5.03. The number of amides is 1. The van der Waals surface area contributed by atoms with Gasteiger partial charge in [-0.25, -0.2) is 0 Å². The van der Waals surface area contributed by atoms with Gasteiger partial charge in [0.05, 0.1) is 0 Å². The van der Waals surface area contributed by atoms with Crippen LogP contribution in [0.4, 0.5) is 0 Å². The molecule has 0 aromatic carbocycles. The first-order valence-corrected chi connectivity index (χ1v) is 8.74. The largest absolute Gasteiger partial charge is 0.341 e. The van der Waals surface area contributed by atoms with Crippen LogP contribution in [0.2, 0.25) is 0 Å². The van der Waals surface area contributed by atoms with Crippen molar-refractivity contribution in [2.45, 2.75) is 45.7 Å². The number of aryl methyl sites for hydroxylation is 1. The van der Waals surface area contributed by atoms with Gasteiger partial charge in [0.1, 0.15) is 0 Å². The minimum Gasteiger partial charge on any atom is -0.341 e. The number of hydrogen-bond donors (Lipinski definition) is 0. The molecule has 0 radical (unpaired) electrons. The third kappa shape index (κ3) is 4.22. The molecule has 0 aliphatic carbocycles. The monoisotopic (exact) mass is 316 g/mol. The fourth-order valence-electron chi connectivity index (χ4n) is 3.71. The molecule has 1 aromatic rings. The van der Waals surface area contributed by atoms with Gasteiger partial charge in [-0.3, -0.25) is 14.4 Å². The molecule has 126 valence electrons. The van der Waals surface area contributed by atoms with E-state index in [1.54, 1.807) is 6.20 Å². The van der Waals surface area contributed by atoms with E-state index in [1.165, 1.54) is 18.4 Å². The lowest BCUT2D eigenvalue weighted by atomic mass is 9.95. The summed E-state index contributed by atoms with van der Waals surface area (Å²) in [6.45, 7) is 8.97. The van der Waals surface area contributed by atoms with E-state index in [2.05, 4.69) is 34.8 Å². The Labute approximate surface area is 138 Å². The topological polar surface area (TPSA) is 41.4 Å². The molecule has 2 atom stereocenters. The first-order chi connectivity index (χ1) is 11.1. The van der Waals surface area contributed by atoms with Gasteiger partial charge in [-0.2, -0.15) is 5.10 Å². The van der Waals surface area contributed by atoms with E-state index in [9.17, 15) is 4.79 Å². The highest BCUT2D eigenvalue weighted by molar-refractivity contribution is 5.76. The summed E-state index contributed by atoms with van der Waals surface area (Å²) < 4.78 is 1.84. The molecule has 1 amide bonds. The fraction of sp³-hybridized carbons (Fsp3) is 0.667. The first-order valence-electron chi connectivity index (χ1n) is 8.74. The molecule has 2 bridgehead atoms. The quantitative estimate of drug-likeness (QED) is 0.782. The molecule has 23 heavy (non-hydrogen) atoms. The van der Waals surface area contributed by atoms with Gasteiger partial charge in [0.15, 0.2) is 0 Å². The maximum atomic E-state index is 12.6. The number of fused-ring (bicyclic) bond motifs is 4. The van der Waals surface area contributed by atoms with E-state index >= 15 is 0 Å². The number of allylic oxidation sites excluding steroid dienone is 1. The van der Waals surface area contributed by atoms with Crippen LogP contribution in [0.15, 0.2) is 30.1 Å². The van der Waals surface area contributed by atoms with Crippen molar-refractivity contribution in [2.24, 2.45) is 5.92 Å². The van der Waals surface area contributed by atoms with Gasteiger partial charge in [0.2, 0.25) is 5.91 Å². The van der Waals surface area contributed by atoms with Crippen LogP contribution < -0.4 is 0 Å². The zero-order valence-corrected chi connectivity index (χ0v) is 14.3. The highest BCUT2D eigenvalue weighted by Crippen LogP contribution is 2.28. The average molecular weight is 316 g/mol. The predicted molar refractivity (Wildman–Crippen MR) is 90.9 cm³/mol. The smallest absolute Gasteiger partial charge is 0.224 e. The van der Waals surface area contributed by atoms with E-state index in [-0.39, 0.29) is 5.91 Å². The molecule has 0 saturated carbocycles. The first kappa shape index (κ1) is 16.2. The Morgan fingerprint density at radius 3 is 2.87 bits per heavy atom. The van der Waals surface area contributed by atoms with Gasteiger partial charge in [0, 0.05) is 57.6 Å². The third-order valence-corrected chi connectivity index (χ3v) is 5.03. The van der Waals surface area contributed by atoms with Gasteiger partial charge in [0.25, 0.3) is 0 Å². The zero-order chi connectivity index (χ0) is 16.2. The number of aromatic nitrogens is 2. The number of carbonyl (C=O) groups excluding carboxylic acids is 1. The van der Waals surface area contributed by atoms with Crippen LogP contribution >= 0.6 is 0 Å². The highest BCUT2D eigenvalue weighted by atomic mass is 16.2. The molecule has 1 aromatic heterocycles. The second-order valence-corrected chi connectivity index (χ2v) is 7.15. The molecule has 3 fully saturated rings. The van der Waals surface area contributed by atoms with Crippen molar-refractivity contribution in [3.8, 4) is 0 Å². The number of carbonyl (C=O) groups is 1. The van der Waals surface area contributed by atoms with Crippen molar-refractivity contribution < 1.29 is 4.79 Å². The molecule has 0 unspecified atom stereocenters. The minimum absolute atomic E-state index is 0.279. The molecule has 5 heteroatoms. The Morgan fingerprint density at radius 1 is 1.26 bits per heavy atom. The summed E-state index contributed by atoms with van der Waals surface area (Å²) in [5.41, 5.74) is 1.37. The molecule has 0 N–H and O–H groups in total. The van der Waals surface area contributed by atoms with E-state index in [1.807, 2.05) is 16.9 Å². The summed E-state index contributed by atoms with van der Waals surface area (Å²) >= 11 is 0. The van der Waals surface area contributed by atoms with Crippen molar-refractivity contribution in [3.05, 3.63) is 30.1 Å². The number of rotatable bonds is 5. The Hall–Kier alpha value is -1.62. The Bertz CT molecular complexity index is 547. The van der Waals surface area contributed by atoms with E-state index in [4.69, 9.17) is 0 Å². The summed E-state index contributed by atoms with van der Waals surface area (Å²) in [7, 11) is 0. The normalized spacial score (nSPS) is 24.5. The molecule has 0 spiro atoms. The highest BCUT2D eigenvalue weighted by Gasteiger charge is 2.35. The van der Waals surface area contributed by atoms with Crippen LogP contribution in [0.5, 0.6) is 0 Å². The second-order valence-electron chi connectivity index (χ2n) is 7.15. The summed E-state index contributed by atoms with van der Waals surface area (Å²) in [5, 5.41) is 4.18.